The topological polar surface area (TPSA) is 76.7 Å². The van der Waals surface area contributed by atoms with Gasteiger partial charge in [0.2, 0.25) is 5.13 Å². The molecule has 0 atom stereocenters. The van der Waals surface area contributed by atoms with Crippen molar-refractivity contribution in [2.75, 3.05) is 12.5 Å². The first kappa shape index (κ1) is 18.4. The van der Waals surface area contributed by atoms with Gasteiger partial charge in [0.1, 0.15) is 11.3 Å². The third kappa shape index (κ3) is 3.97. The quantitative estimate of drug-likeness (QED) is 0.256. The number of methoxy groups -OCH3 is 1. The standard InChI is InChI=1S/C20H14BrN3O3S/c1-26-15-5-2-12(3-6-15)10-22-24-20-23-17(11-28-20)16-9-13-8-14(21)4-7-18(13)27-19(16)25/h2-11H,1H3,(H,23,24). The van der Waals surface area contributed by atoms with Crippen LogP contribution in [0.3, 0.4) is 0 Å². The highest BCUT2D eigenvalue weighted by atomic mass is 79.9. The van der Waals surface area contributed by atoms with E-state index in [1.165, 1.54) is 11.3 Å². The third-order valence-corrected chi connectivity index (χ3v) is 5.20. The summed E-state index contributed by atoms with van der Waals surface area (Å²) >= 11 is 4.78. The first-order valence-corrected chi connectivity index (χ1v) is 9.92. The Morgan fingerprint density at radius 2 is 2.04 bits per heavy atom. The number of nitrogens with zero attached hydrogens (tertiary/aromatic N) is 2. The highest BCUT2D eigenvalue weighted by molar-refractivity contribution is 9.10. The molecule has 0 aliphatic carbocycles. The van der Waals surface area contributed by atoms with Crippen molar-refractivity contribution < 1.29 is 9.15 Å². The molecule has 0 unspecified atom stereocenters. The molecule has 0 spiro atoms. The van der Waals surface area contributed by atoms with E-state index in [2.05, 4.69) is 31.4 Å². The molecule has 0 saturated heterocycles. The molecule has 8 heteroatoms. The monoisotopic (exact) mass is 455 g/mol. The zero-order valence-electron chi connectivity index (χ0n) is 14.7. The SMILES string of the molecule is COc1ccc(C=NNc2nc(-c3cc4cc(Br)ccc4oc3=O)cs2)cc1. The van der Waals surface area contributed by atoms with Gasteiger partial charge in [-0.25, -0.2) is 9.78 Å². The van der Waals surface area contributed by atoms with Crippen LogP contribution in [-0.4, -0.2) is 18.3 Å². The molecule has 140 valence electrons. The lowest BCUT2D eigenvalue weighted by Gasteiger charge is -2.00. The number of rotatable bonds is 5. The maximum Gasteiger partial charge on any atom is 0.345 e. The zero-order valence-corrected chi connectivity index (χ0v) is 17.1. The van der Waals surface area contributed by atoms with E-state index in [0.717, 1.165) is 21.2 Å². The number of anilines is 1. The van der Waals surface area contributed by atoms with Gasteiger partial charge in [-0.2, -0.15) is 5.10 Å². The lowest BCUT2D eigenvalue weighted by molar-refractivity contribution is 0.415. The Morgan fingerprint density at radius 3 is 2.82 bits per heavy atom. The Balaban J connectivity index is 1.54. The fraction of sp³-hybridized carbons (Fsp3) is 0.0500. The van der Waals surface area contributed by atoms with E-state index in [1.54, 1.807) is 30.8 Å². The molecular weight excluding hydrogens is 442 g/mol. The summed E-state index contributed by atoms with van der Waals surface area (Å²) in [5.74, 6) is 0.788. The van der Waals surface area contributed by atoms with Crippen LogP contribution in [0.4, 0.5) is 5.13 Å². The summed E-state index contributed by atoms with van der Waals surface area (Å²) in [6.07, 6.45) is 1.68. The number of hydrogen-bond acceptors (Lipinski definition) is 7. The van der Waals surface area contributed by atoms with E-state index in [1.807, 2.05) is 36.4 Å². The van der Waals surface area contributed by atoms with E-state index < -0.39 is 5.63 Å². The number of nitrogens with one attached hydrogen (secondary N) is 1. The van der Waals surface area contributed by atoms with E-state index >= 15 is 0 Å². The second kappa shape index (κ2) is 7.95. The highest BCUT2D eigenvalue weighted by Crippen LogP contribution is 2.26. The fourth-order valence-corrected chi connectivity index (χ4v) is 3.61. The number of ether oxygens (including phenoxy) is 1. The first-order chi connectivity index (χ1) is 13.6. The Kier molecular flexibility index (Phi) is 5.23. The van der Waals surface area contributed by atoms with Crippen molar-refractivity contribution in [3.05, 3.63) is 74.4 Å². The fourth-order valence-electron chi connectivity index (χ4n) is 2.57. The van der Waals surface area contributed by atoms with Gasteiger partial charge in [0.05, 0.1) is 24.6 Å². The molecule has 0 bridgehead atoms. The van der Waals surface area contributed by atoms with Crippen molar-refractivity contribution in [2.24, 2.45) is 5.10 Å². The lowest BCUT2D eigenvalue weighted by atomic mass is 10.1. The van der Waals surface area contributed by atoms with Gasteiger partial charge in [0.15, 0.2) is 0 Å². The molecule has 6 nitrogen and oxygen atoms in total. The minimum absolute atomic E-state index is 0.411. The Labute approximate surface area is 172 Å². The highest BCUT2D eigenvalue weighted by Gasteiger charge is 2.11. The van der Waals surface area contributed by atoms with Crippen LogP contribution in [0.25, 0.3) is 22.2 Å². The van der Waals surface area contributed by atoms with Crippen molar-refractivity contribution in [3.63, 3.8) is 0 Å². The Morgan fingerprint density at radius 1 is 1.21 bits per heavy atom. The molecule has 0 aliphatic heterocycles. The van der Waals surface area contributed by atoms with Crippen molar-refractivity contribution in [1.29, 1.82) is 0 Å². The smallest absolute Gasteiger partial charge is 0.345 e. The second-order valence-electron chi connectivity index (χ2n) is 5.81. The first-order valence-electron chi connectivity index (χ1n) is 8.25. The molecule has 1 N–H and O–H groups in total. The summed E-state index contributed by atoms with van der Waals surface area (Å²) in [7, 11) is 1.62. The average molecular weight is 456 g/mol. The molecule has 28 heavy (non-hydrogen) atoms. The van der Waals surface area contributed by atoms with Gasteiger partial charge in [0, 0.05) is 15.2 Å². The molecular formula is C20H14BrN3O3S. The van der Waals surface area contributed by atoms with Gasteiger partial charge in [-0.05, 0) is 54.1 Å². The van der Waals surface area contributed by atoms with Crippen molar-refractivity contribution in [3.8, 4) is 17.0 Å². The normalized spacial score (nSPS) is 11.2. The van der Waals surface area contributed by atoms with E-state index in [0.29, 0.717) is 22.0 Å². The summed E-state index contributed by atoms with van der Waals surface area (Å²) in [5, 5.41) is 7.38. The van der Waals surface area contributed by atoms with Crippen molar-refractivity contribution in [2.45, 2.75) is 0 Å². The molecule has 4 aromatic rings. The van der Waals surface area contributed by atoms with E-state index in [4.69, 9.17) is 9.15 Å². The summed E-state index contributed by atoms with van der Waals surface area (Å²) in [5.41, 5.74) is 4.87. The van der Waals surface area contributed by atoms with Crippen LogP contribution in [0, 0.1) is 0 Å². The van der Waals surface area contributed by atoms with Crippen molar-refractivity contribution >= 4 is 49.6 Å². The van der Waals surface area contributed by atoms with E-state index in [9.17, 15) is 4.79 Å². The van der Waals surface area contributed by atoms with E-state index in [-0.39, 0.29) is 0 Å². The molecule has 0 aliphatic rings. The minimum Gasteiger partial charge on any atom is -0.497 e. The van der Waals surface area contributed by atoms with Crippen LogP contribution in [0.5, 0.6) is 5.75 Å². The maximum absolute atomic E-state index is 12.3. The van der Waals surface area contributed by atoms with Crippen LogP contribution in [0.15, 0.2) is 72.7 Å². The molecule has 0 radical (unpaired) electrons. The molecule has 4 rings (SSSR count). The van der Waals surface area contributed by atoms with Gasteiger partial charge >= 0.3 is 5.63 Å². The predicted octanol–water partition coefficient (Wildman–Crippen LogP) is 5.13. The third-order valence-electron chi connectivity index (χ3n) is 3.96. The van der Waals surface area contributed by atoms with Crippen LogP contribution < -0.4 is 15.8 Å². The molecule has 2 aromatic heterocycles. The average Bonchev–Trinajstić information content (AvgIpc) is 3.17. The second-order valence-corrected chi connectivity index (χ2v) is 7.58. The van der Waals surface area contributed by atoms with Crippen molar-refractivity contribution in [1.82, 2.24) is 4.98 Å². The van der Waals surface area contributed by atoms with Crippen LogP contribution in [0.2, 0.25) is 0 Å². The number of thiazole rings is 1. The molecule has 0 amide bonds. The Bertz CT molecular complexity index is 1220. The van der Waals surface area contributed by atoms with Gasteiger partial charge in [0.25, 0.3) is 0 Å². The lowest BCUT2D eigenvalue weighted by Crippen LogP contribution is -2.03. The number of hydrogen-bond donors (Lipinski definition) is 1. The van der Waals surface area contributed by atoms with Gasteiger partial charge in [-0.1, -0.05) is 15.9 Å². The minimum atomic E-state index is -0.423. The van der Waals surface area contributed by atoms with Crippen LogP contribution in [0.1, 0.15) is 5.56 Å². The summed E-state index contributed by atoms with van der Waals surface area (Å²) < 4.78 is 11.4. The molecule has 0 fully saturated rings. The molecule has 2 heterocycles. The number of hydrazone groups is 1. The van der Waals surface area contributed by atoms with Crippen LogP contribution in [-0.2, 0) is 0 Å². The predicted molar refractivity (Wildman–Crippen MR) is 116 cm³/mol. The number of halogens is 1. The largest absolute Gasteiger partial charge is 0.497 e. The number of fused-ring (bicyclic) bond motifs is 1. The van der Waals surface area contributed by atoms with Gasteiger partial charge in [-0.3, -0.25) is 5.43 Å². The summed E-state index contributed by atoms with van der Waals surface area (Å²) in [4.78, 5) is 16.7. The summed E-state index contributed by atoms with van der Waals surface area (Å²) in [6, 6.07) is 14.8. The Hall–Kier alpha value is -2.97. The van der Waals surface area contributed by atoms with Gasteiger partial charge < -0.3 is 9.15 Å². The number of aromatic nitrogens is 1. The molecule has 0 saturated carbocycles. The van der Waals surface area contributed by atoms with Crippen LogP contribution >= 0.6 is 27.3 Å². The summed E-state index contributed by atoms with van der Waals surface area (Å²) in [6.45, 7) is 0. The number of benzene rings is 2. The van der Waals surface area contributed by atoms with Gasteiger partial charge in [-0.15, -0.1) is 11.3 Å². The zero-order chi connectivity index (χ0) is 19.5. The maximum atomic E-state index is 12.3. The molecule has 2 aromatic carbocycles.